The smallest absolute Gasteiger partial charge is 0.124 e. The molecule has 2 fully saturated rings. The Balaban J connectivity index is 1.74. The molecule has 116 valence electrons. The monoisotopic (exact) mass is 295 g/mol. The molecule has 2 saturated heterocycles. The van der Waals surface area contributed by atoms with Crippen molar-refractivity contribution < 1.29 is 18.6 Å². The molecule has 3 atom stereocenters. The third kappa shape index (κ3) is 3.20. The zero-order valence-electron chi connectivity index (χ0n) is 12.3. The normalized spacial score (nSPS) is 30.5. The zero-order valence-corrected chi connectivity index (χ0v) is 12.3. The molecule has 0 aromatic heterocycles. The van der Waals surface area contributed by atoms with Gasteiger partial charge in [0.25, 0.3) is 0 Å². The van der Waals surface area contributed by atoms with Crippen molar-refractivity contribution in [1.82, 2.24) is 0 Å². The first-order valence-electron chi connectivity index (χ1n) is 7.51. The zero-order chi connectivity index (χ0) is 14.9. The maximum Gasteiger partial charge on any atom is 0.124 e. The van der Waals surface area contributed by atoms with Crippen molar-refractivity contribution in [3.8, 4) is 5.75 Å². The van der Waals surface area contributed by atoms with Crippen molar-refractivity contribution in [2.45, 2.75) is 43.9 Å². The minimum absolute atomic E-state index is 0.0587. The molecule has 2 aliphatic heterocycles. The summed E-state index contributed by atoms with van der Waals surface area (Å²) in [6, 6.07) is 4.27. The molecule has 5 heteroatoms. The van der Waals surface area contributed by atoms with Crippen molar-refractivity contribution >= 4 is 0 Å². The Morgan fingerprint density at radius 2 is 2.29 bits per heavy atom. The predicted octanol–water partition coefficient (Wildman–Crippen LogP) is 2.56. The van der Waals surface area contributed by atoms with Crippen LogP contribution in [0.5, 0.6) is 5.75 Å². The van der Waals surface area contributed by atoms with E-state index < -0.39 is 0 Å². The van der Waals surface area contributed by atoms with Crippen molar-refractivity contribution in [3.05, 3.63) is 29.6 Å². The van der Waals surface area contributed by atoms with E-state index in [9.17, 15) is 4.39 Å². The van der Waals surface area contributed by atoms with Gasteiger partial charge in [0, 0.05) is 37.5 Å². The van der Waals surface area contributed by atoms with E-state index in [0.717, 1.165) is 25.9 Å². The van der Waals surface area contributed by atoms with Crippen LogP contribution < -0.4 is 10.5 Å². The molecular formula is C16H22FNO3. The standard InChI is InChI=1S/C16H22FNO3/c1-11(18)14-8-12(17)2-3-15(14)21-13-4-6-20-16(9-13)5-7-19-10-16/h2-3,8,11,13H,4-7,9-10,18H2,1H3/t11-,13?,16?/m1/s1. The van der Waals surface area contributed by atoms with E-state index >= 15 is 0 Å². The molecule has 4 nitrogen and oxygen atoms in total. The number of halogens is 1. The highest BCUT2D eigenvalue weighted by Crippen LogP contribution is 2.35. The van der Waals surface area contributed by atoms with Crippen LogP contribution in [0.25, 0.3) is 0 Å². The molecule has 1 spiro atoms. The van der Waals surface area contributed by atoms with Crippen LogP contribution in [0.15, 0.2) is 18.2 Å². The second-order valence-electron chi connectivity index (χ2n) is 6.04. The molecule has 0 amide bonds. The van der Waals surface area contributed by atoms with E-state index in [4.69, 9.17) is 19.9 Å². The van der Waals surface area contributed by atoms with Crippen LogP contribution in [0.4, 0.5) is 4.39 Å². The van der Waals surface area contributed by atoms with Gasteiger partial charge >= 0.3 is 0 Å². The van der Waals surface area contributed by atoms with Crippen LogP contribution in [-0.4, -0.2) is 31.5 Å². The maximum atomic E-state index is 13.4. The number of hydrogen-bond donors (Lipinski definition) is 1. The Morgan fingerprint density at radius 1 is 1.43 bits per heavy atom. The van der Waals surface area contributed by atoms with E-state index in [1.54, 1.807) is 6.07 Å². The van der Waals surface area contributed by atoms with Crippen LogP contribution in [0.2, 0.25) is 0 Å². The highest BCUT2D eigenvalue weighted by molar-refractivity contribution is 5.36. The number of nitrogens with two attached hydrogens (primary N) is 1. The predicted molar refractivity (Wildman–Crippen MR) is 76.8 cm³/mol. The van der Waals surface area contributed by atoms with E-state index in [0.29, 0.717) is 24.5 Å². The van der Waals surface area contributed by atoms with Gasteiger partial charge in [-0.25, -0.2) is 4.39 Å². The average molecular weight is 295 g/mol. The van der Waals surface area contributed by atoms with Gasteiger partial charge in [0.2, 0.25) is 0 Å². The highest BCUT2D eigenvalue weighted by atomic mass is 19.1. The first-order chi connectivity index (χ1) is 10.1. The molecule has 0 aliphatic carbocycles. The summed E-state index contributed by atoms with van der Waals surface area (Å²) in [5.41, 5.74) is 6.42. The fourth-order valence-corrected chi connectivity index (χ4v) is 3.11. The summed E-state index contributed by atoms with van der Waals surface area (Å²) >= 11 is 0. The molecule has 1 aromatic carbocycles. The lowest BCUT2D eigenvalue weighted by Gasteiger charge is -2.37. The Labute approximate surface area is 124 Å². The quantitative estimate of drug-likeness (QED) is 0.931. The second-order valence-corrected chi connectivity index (χ2v) is 6.04. The molecule has 0 bridgehead atoms. The van der Waals surface area contributed by atoms with Crippen LogP contribution in [0.3, 0.4) is 0 Å². The fraction of sp³-hybridized carbons (Fsp3) is 0.625. The van der Waals surface area contributed by atoms with Crippen LogP contribution in [0.1, 0.15) is 37.8 Å². The lowest BCUT2D eigenvalue weighted by molar-refractivity contribution is -0.112. The summed E-state index contributed by atoms with van der Waals surface area (Å²) in [6.07, 6.45) is 2.61. The lowest BCUT2D eigenvalue weighted by atomic mass is 9.91. The van der Waals surface area contributed by atoms with Gasteiger partial charge in [0.1, 0.15) is 17.7 Å². The third-order valence-electron chi connectivity index (χ3n) is 4.27. The molecule has 0 radical (unpaired) electrons. The molecule has 2 N–H and O–H groups in total. The molecule has 3 rings (SSSR count). The molecule has 2 heterocycles. The minimum atomic E-state index is -0.290. The van der Waals surface area contributed by atoms with Gasteiger partial charge in [-0.3, -0.25) is 0 Å². The number of ether oxygens (including phenoxy) is 3. The second kappa shape index (κ2) is 5.91. The Bertz CT molecular complexity index is 500. The van der Waals surface area contributed by atoms with Gasteiger partial charge in [0.05, 0.1) is 18.8 Å². The fourth-order valence-electron chi connectivity index (χ4n) is 3.11. The van der Waals surface area contributed by atoms with Crippen molar-refractivity contribution in [1.29, 1.82) is 0 Å². The van der Waals surface area contributed by atoms with Crippen LogP contribution >= 0.6 is 0 Å². The first kappa shape index (κ1) is 14.8. The Hall–Kier alpha value is -1.17. The van der Waals surface area contributed by atoms with E-state index in [2.05, 4.69) is 0 Å². The van der Waals surface area contributed by atoms with Gasteiger partial charge in [0.15, 0.2) is 0 Å². The number of rotatable bonds is 3. The van der Waals surface area contributed by atoms with E-state index in [-0.39, 0.29) is 23.6 Å². The van der Waals surface area contributed by atoms with E-state index in [1.807, 2.05) is 6.92 Å². The summed E-state index contributed by atoms with van der Waals surface area (Å²) in [7, 11) is 0. The first-order valence-corrected chi connectivity index (χ1v) is 7.51. The minimum Gasteiger partial charge on any atom is -0.490 e. The summed E-state index contributed by atoms with van der Waals surface area (Å²) in [4.78, 5) is 0. The summed E-state index contributed by atoms with van der Waals surface area (Å²) in [5, 5.41) is 0. The summed E-state index contributed by atoms with van der Waals surface area (Å²) in [6.45, 7) is 3.88. The van der Waals surface area contributed by atoms with E-state index in [1.165, 1.54) is 12.1 Å². The Morgan fingerprint density at radius 3 is 3.00 bits per heavy atom. The lowest BCUT2D eigenvalue weighted by Crippen LogP contribution is -2.44. The van der Waals surface area contributed by atoms with Crippen LogP contribution in [-0.2, 0) is 9.47 Å². The Kier molecular flexibility index (Phi) is 4.15. The topological polar surface area (TPSA) is 53.7 Å². The molecule has 0 saturated carbocycles. The highest BCUT2D eigenvalue weighted by Gasteiger charge is 2.42. The molecule has 2 unspecified atom stereocenters. The van der Waals surface area contributed by atoms with Crippen molar-refractivity contribution in [2.75, 3.05) is 19.8 Å². The SMILES string of the molecule is C[C@@H](N)c1cc(F)ccc1OC1CCOC2(CCOC2)C1. The van der Waals surface area contributed by atoms with Crippen LogP contribution in [0, 0.1) is 5.82 Å². The van der Waals surface area contributed by atoms with Gasteiger partial charge < -0.3 is 19.9 Å². The molecule has 2 aliphatic rings. The average Bonchev–Trinajstić information content (AvgIpc) is 2.88. The summed E-state index contributed by atoms with van der Waals surface area (Å²) < 4.78 is 30.9. The molecular weight excluding hydrogens is 273 g/mol. The van der Waals surface area contributed by atoms with Crippen molar-refractivity contribution in [3.63, 3.8) is 0 Å². The molecule has 1 aromatic rings. The largest absolute Gasteiger partial charge is 0.490 e. The third-order valence-corrected chi connectivity index (χ3v) is 4.27. The van der Waals surface area contributed by atoms with Gasteiger partial charge in [-0.2, -0.15) is 0 Å². The molecule has 21 heavy (non-hydrogen) atoms. The van der Waals surface area contributed by atoms with Gasteiger partial charge in [-0.15, -0.1) is 0 Å². The van der Waals surface area contributed by atoms with Crippen molar-refractivity contribution in [2.24, 2.45) is 5.73 Å². The van der Waals surface area contributed by atoms with Gasteiger partial charge in [-0.05, 0) is 25.1 Å². The maximum absolute atomic E-state index is 13.4. The van der Waals surface area contributed by atoms with Gasteiger partial charge in [-0.1, -0.05) is 0 Å². The number of benzene rings is 1. The summed E-state index contributed by atoms with van der Waals surface area (Å²) in [5.74, 6) is 0.384. The number of hydrogen-bond acceptors (Lipinski definition) is 4.